The van der Waals surface area contributed by atoms with Crippen LogP contribution in [0.15, 0.2) is 77.7 Å². The third-order valence-corrected chi connectivity index (χ3v) is 6.58. The van der Waals surface area contributed by atoms with Crippen molar-refractivity contribution in [3.63, 3.8) is 0 Å². The summed E-state index contributed by atoms with van der Waals surface area (Å²) >= 11 is 0. The number of anilines is 2. The summed E-state index contributed by atoms with van der Waals surface area (Å²) in [5, 5.41) is 2.70. The normalized spacial score (nSPS) is 11.1. The Labute approximate surface area is 182 Å². The molecule has 0 atom stereocenters. The van der Waals surface area contributed by atoms with Gasteiger partial charge in [0.15, 0.2) is 5.78 Å². The second-order valence-electron chi connectivity index (χ2n) is 7.30. The Hall–Kier alpha value is -3.45. The van der Waals surface area contributed by atoms with Crippen molar-refractivity contribution in [2.75, 3.05) is 16.2 Å². The monoisotopic (exact) mass is 436 g/mol. The number of carbonyl (C=O) groups excluding carboxylic acids is 2. The van der Waals surface area contributed by atoms with Gasteiger partial charge in [0.2, 0.25) is 5.91 Å². The molecule has 0 heterocycles. The van der Waals surface area contributed by atoms with Crippen LogP contribution < -0.4 is 9.62 Å². The average molecular weight is 437 g/mol. The van der Waals surface area contributed by atoms with E-state index in [2.05, 4.69) is 5.32 Å². The second-order valence-corrected chi connectivity index (χ2v) is 9.16. The first-order valence-corrected chi connectivity index (χ1v) is 11.2. The number of rotatable bonds is 7. The minimum atomic E-state index is -3.98. The van der Waals surface area contributed by atoms with Crippen LogP contribution in [0.2, 0.25) is 0 Å². The fraction of sp³-hybridized carbons (Fsp3) is 0.167. The SMILES string of the molecule is CC(=O)c1cccc(NC(=O)CN(c2cc(C)ccc2C)S(=O)(=O)c2ccccc2)c1. The van der Waals surface area contributed by atoms with Gasteiger partial charge in [-0.2, -0.15) is 0 Å². The summed E-state index contributed by atoms with van der Waals surface area (Å²) in [7, 11) is -3.98. The summed E-state index contributed by atoms with van der Waals surface area (Å²) in [6.07, 6.45) is 0. The Morgan fingerprint density at radius 2 is 1.61 bits per heavy atom. The Morgan fingerprint density at radius 3 is 2.29 bits per heavy atom. The molecule has 160 valence electrons. The van der Waals surface area contributed by atoms with Crippen LogP contribution in [0.25, 0.3) is 0 Å². The largest absolute Gasteiger partial charge is 0.324 e. The molecule has 31 heavy (non-hydrogen) atoms. The lowest BCUT2D eigenvalue weighted by Gasteiger charge is -2.26. The number of benzene rings is 3. The number of carbonyl (C=O) groups is 2. The van der Waals surface area contributed by atoms with Gasteiger partial charge in [-0.1, -0.05) is 42.5 Å². The van der Waals surface area contributed by atoms with Crippen molar-refractivity contribution in [1.29, 1.82) is 0 Å². The Balaban J connectivity index is 1.97. The molecule has 0 fully saturated rings. The predicted octanol–water partition coefficient (Wildman–Crippen LogP) is 4.34. The maximum absolute atomic E-state index is 13.4. The number of sulfonamides is 1. The summed E-state index contributed by atoms with van der Waals surface area (Å²) < 4.78 is 28.0. The smallest absolute Gasteiger partial charge is 0.264 e. The first-order chi connectivity index (χ1) is 14.7. The van der Waals surface area contributed by atoms with Crippen molar-refractivity contribution < 1.29 is 18.0 Å². The Morgan fingerprint density at radius 1 is 0.903 bits per heavy atom. The van der Waals surface area contributed by atoms with E-state index in [4.69, 9.17) is 0 Å². The summed E-state index contributed by atoms with van der Waals surface area (Å²) in [4.78, 5) is 24.6. The van der Waals surface area contributed by atoms with E-state index in [1.807, 2.05) is 19.1 Å². The molecule has 0 bridgehead atoms. The zero-order valence-corrected chi connectivity index (χ0v) is 18.4. The van der Waals surface area contributed by atoms with Crippen LogP contribution in [-0.2, 0) is 14.8 Å². The van der Waals surface area contributed by atoms with Crippen LogP contribution in [0.5, 0.6) is 0 Å². The molecule has 0 radical (unpaired) electrons. The van der Waals surface area contributed by atoms with Gasteiger partial charge in [0, 0.05) is 11.3 Å². The predicted molar refractivity (Wildman–Crippen MR) is 122 cm³/mol. The fourth-order valence-electron chi connectivity index (χ4n) is 3.15. The molecule has 0 saturated carbocycles. The number of hydrogen-bond donors (Lipinski definition) is 1. The number of aryl methyl sites for hydroxylation is 2. The van der Waals surface area contributed by atoms with Crippen molar-refractivity contribution in [1.82, 2.24) is 0 Å². The quantitative estimate of drug-likeness (QED) is 0.559. The van der Waals surface area contributed by atoms with E-state index in [0.29, 0.717) is 16.9 Å². The number of amides is 1. The zero-order chi connectivity index (χ0) is 22.6. The van der Waals surface area contributed by atoms with Crippen LogP contribution in [-0.4, -0.2) is 26.7 Å². The summed E-state index contributed by atoms with van der Waals surface area (Å²) in [5.74, 6) is -0.638. The maximum Gasteiger partial charge on any atom is 0.264 e. The topological polar surface area (TPSA) is 83.6 Å². The van der Waals surface area contributed by atoms with Crippen LogP contribution in [0.1, 0.15) is 28.4 Å². The molecular weight excluding hydrogens is 412 g/mol. The highest BCUT2D eigenvalue weighted by atomic mass is 32.2. The Kier molecular flexibility index (Phi) is 6.56. The van der Waals surface area contributed by atoms with Gasteiger partial charge in [-0.05, 0) is 62.2 Å². The average Bonchev–Trinajstić information content (AvgIpc) is 2.74. The van der Waals surface area contributed by atoms with E-state index in [1.54, 1.807) is 55.5 Å². The van der Waals surface area contributed by atoms with Gasteiger partial charge in [0.05, 0.1) is 10.6 Å². The lowest BCUT2D eigenvalue weighted by atomic mass is 10.1. The van der Waals surface area contributed by atoms with Crippen LogP contribution in [0.4, 0.5) is 11.4 Å². The maximum atomic E-state index is 13.4. The van der Waals surface area contributed by atoms with Gasteiger partial charge in [-0.3, -0.25) is 13.9 Å². The summed E-state index contributed by atoms with van der Waals surface area (Å²) in [5.41, 5.74) is 2.94. The molecule has 0 aromatic heterocycles. The van der Waals surface area contributed by atoms with Crippen molar-refractivity contribution in [3.05, 3.63) is 89.5 Å². The van der Waals surface area contributed by atoms with Crippen molar-refractivity contribution in [3.8, 4) is 0 Å². The molecule has 6 nitrogen and oxygen atoms in total. The van der Waals surface area contributed by atoms with E-state index in [-0.39, 0.29) is 10.7 Å². The highest BCUT2D eigenvalue weighted by Gasteiger charge is 2.28. The van der Waals surface area contributed by atoms with Crippen molar-refractivity contribution in [2.45, 2.75) is 25.7 Å². The molecule has 0 unspecified atom stereocenters. The van der Waals surface area contributed by atoms with Crippen molar-refractivity contribution >= 4 is 33.1 Å². The minimum Gasteiger partial charge on any atom is -0.324 e. The number of ketones is 1. The highest BCUT2D eigenvalue weighted by molar-refractivity contribution is 7.92. The minimum absolute atomic E-state index is 0.0993. The fourth-order valence-corrected chi connectivity index (χ4v) is 4.65. The van der Waals surface area contributed by atoms with E-state index in [9.17, 15) is 18.0 Å². The molecule has 0 aliphatic heterocycles. The van der Waals surface area contributed by atoms with Gasteiger partial charge < -0.3 is 5.32 Å². The Bertz CT molecular complexity index is 1220. The molecule has 7 heteroatoms. The molecular formula is C24H24N2O4S. The first kappa shape index (κ1) is 22.2. The van der Waals surface area contributed by atoms with Gasteiger partial charge in [-0.25, -0.2) is 8.42 Å². The van der Waals surface area contributed by atoms with Crippen LogP contribution >= 0.6 is 0 Å². The van der Waals surface area contributed by atoms with Crippen LogP contribution in [0.3, 0.4) is 0 Å². The number of Topliss-reactive ketones (excluding diaryl/α,β-unsaturated/α-hetero) is 1. The molecule has 3 aromatic carbocycles. The highest BCUT2D eigenvalue weighted by Crippen LogP contribution is 2.28. The van der Waals surface area contributed by atoms with Crippen LogP contribution in [0, 0.1) is 13.8 Å². The van der Waals surface area contributed by atoms with Gasteiger partial charge in [0.25, 0.3) is 10.0 Å². The standard InChI is InChI=1S/C24H24N2O4S/c1-17-12-13-18(2)23(14-17)26(31(29,30)22-10-5-4-6-11-22)16-24(28)25-21-9-7-8-20(15-21)19(3)27/h4-15H,16H2,1-3H3,(H,25,28). The lowest BCUT2D eigenvalue weighted by molar-refractivity contribution is -0.114. The summed E-state index contributed by atoms with van der Waals surface area (Å²) in [6, 6.07) is 20.0. The number of hydrogen-bond acceptors (Lipinski definition) is 4. The first-order valence-electron chi connectivity index (χ1n) is 9.74. The lowest BCUT2D eigenvalue weighted by Crippen LogP contribution is -2.38. The van der Waals surface area contributed by atoms with Crippen molar-refractivity contribution in [2.24, 2.45) is 0 Å². The van der Waals surface area contributed by atoms with Gasteiger partial charge in [-0.15, -0.1) is 0 Å². The molecule has 1 amide bonds. The molecule has 0 spiro atoms. The molecule has 1 N–H and O–H groups in total. The van der Waals surface area contributed by atoms with E-state index in [0.717, 1.165) is 15.4 Å². The number of nitrogens with one attached hydrogen (secondary N) is 1. The van der Waals surface area contributed by atoms with E-state index < -0.39 is 22.5 Å². The third-order valence-electron chi connectivity index (χ3n) is 4.80. The molecule has 3 aromatic rings. The van der Waals surface area contributed by atoms with E-state index in [1.165, 1.54) is 19.1 Å². The van der Waals surface area contributed by atoms with Gasteiger partial charge in [0.1, 0.15) is 6.54 Å². The number of nitrogens with zero attached hydrogens (tertiary/aromatic N) is 1. The molecule has 0 aliphatic rings. The van der Waals surface area contributed by atoms with E-state index >= 15 is 0 Å². The van der Waals surface area contributed by atoms with Gasteiger partial charge >= 0.3 is 0 Å². The zero-order valence-electron chi connectivity index (χ0n) is 17.6. The summed E-state index contributed by atoms with van der Waals surface area (Å²) in [6.45, 7) is 4.70. The molecule has 3 rings (SSSR count). The third kappa shape index (κ3) is 5.19. The second kappa shape index (κ2) is 9.14. The molecule has 0 aliphatic carbocycles. The molecule has 0 saturated heterocycles.